The number of carbonyl (C=O) groups is 1. The average molecular weight is 367 g/mol. The van der Waals surface area contributed by atoms with Gasteiger partial charge in [-0.15, -0.1) is 0 Å². The molecule has 0 saturated heterocycles. The largest absolute Gasteiger partial charge is 0.486 e. The summed E-state index contributed by atoms with van der Waals surface area (Å²) >= 11 is 0. The van der Waals surface area contributed by atoms with Gasteiger partial charge in [-0.05, 0) is 56.4 Å². The van der Waals surface area contributed by atoms with Crippen molar-refractivity contribution in [3.8, 4) is 11.5 Å². The van der Waals surface area contributed by atoms with E-state index in [2.05, 4.69) is 10.4 Å². The zero-order valence-corrected chi connectivity index (χ0v) is 16.0. The standard InChI is InChI=1S/C21H25N3O3/c1-13-17(14(2)24(3)23-13)7-9-20(25)22-21(15-4-5-15)16-6-8-18-19(12-16)27-11-10-26-18/h6-9,12,15,21H,4-5,10-11H2,1-3H3,(H,22,25)/b9-7-/t21-/m1/s1. The van der Waals surface area contributed by atoms with Gasteiger partial charge in [0.2, 0.25) is 5.91 Å². The van der Waals surface area contributed by atoms with E-state index in [1.54, 1.807) is 6.08 Å². The normalized spacial score (nSPS) is 17.1. The van der Waals surface area contributed by atoms with E-state index in [1.165, 1.54) is 0 Å². The van der Waals surface area contributed by atoms with Crippen molar-refractivity contribution in [1.82, 2.24) is 15.1 Å². The number of carbonyl (C=O) groups excluding carboxylic acids is 1. The fourth-order valence-corrected chi connectivity index (χ4v) is 3.55. The van der Waals surface area contributed by atoms with Crippen LogP contribution in [0.4, 0.5) is 0 Å². The molecule has 2 aliphatic rings. The van der Waals surface area contributed by atoms with Gasteiger partial charge in [0.25, 0.3) is 0 Å². The van der Waals surface area contributed by atoms with Gasteiger partial charge in [-0.3, -0.25) is 9.48 Å². The molecule has 1 aromatic heterocycles. The van der Waals surface area contributed by atoms with Gasteiger partial charge in [0, 0.05) is 24.4 Å². The molecular formula is C21H25N3O3. The Hall–Kier alpha value is -2.76. The average Bonchev–Trinajstić information content (AvgIpc) is 3.47. The molecule has 4 rings (SSSR count). The molecule has 1 atom stereocenters. The number of ether oxygens (including phenoxy) is 2. The van der Waals surface area contributed by atoms with Crippen LogP contribution >= 0.6 is 0 Å². The van der Waals surface area contributed by atoms with Gasteiger partial charge >= 0.3 is 0 Å². The summed E-state index contributed by atoms with van der Waals surface area (Å²) in [7, 11) is 1.91. The number of aromatic nitrogens is 2. The molecule has 1 fully saturated rings. The molecule has 0 spiro atoms. The maximum atomic E-state index is 12.6. The molecule has 1 amide bonds. The van der Waals surface area contributed by atoms with E-state index in [0.29, 0.717) is 19.1 Å². The number of fused-ring (bicyclic) bond motifs is 1. The molecule has 0 radical (unpaired) electrons. The summed E-state index contributed by atoms with van der Waals surface area (Å²) in [6.45, 7) is 5.09. The van der Waals surface area contributed by atoms with Gasteiger partial charge < -0.3 is 14.8 Å². The van der Waals surface area contributed by atoms with Crippen molar-refractivity contribution < 1.29 is 14.3 Å². The van der Waals surface area contributed by atoms with Crippen LogP contribution in [0.25, 0.3) is 6.08 Å². The minimum Gasteiger partial charge on any atom is -0.486 e. The summed E-state index contributed by atoms with van der Waals surface area (Å²) in [6, 6.07) is 5.95. The molecule has 1 saturated carbocycles. The predicted octanol–water partition coefficient (Wildman–Crippen LogP) is 3.09. The lowest BCUT2D eigenvalue weighted by Gasteiger charge is -2.22. The molecule has 1 aliphatic heterocycles. The molecule has 2 heterocycles. The highest BCUT2D eigenvalue weighted by atomic mass is 16.6. The van der Waals surface area contributed by atoms with Crippen molar-refractivity contribution in [2.24, 2.45) is 13.0 Å². The zero-order valence-electron chi connectivity index (χ0n) is 16.0. The second-order valence-corrected chi connectivity index (χ2v) is 7.27. The summed E-state index contributed by atoms with van der Waals surface area (Å²) in [5, 5.41) is 7.55. The Labute approximate surface area is 159 Å². The van der Waals surface area contributed by atoms with E-state index >= 15 is 0 Å². The number of nitrogens with one attached hydrogen (secondary N) is 1. The van der Waals surface area contributed by atoms with Crippen LogP contribution in [0.3, 0.4) is 0 Å². The quantitative estimate of drug-likeness (QED) is 0.825. The second kappa shape index (κ2) is 7.10. The zero-order chi connectivity index (χ0) is 19.0. The van der Waals surface area contributed by atoms with E-state index < -0.39 is 0 Å². The first kappa shape index (κ1) is 17.6. The number of rotatable bonds is 5. The van der Waals surface area contributed by atoms with Crippen LogP contribution < -0.4 is 14.8 Å². The van der Waals surface area contributed by atoms with Crippen LogP contribution in [0.1, 0.15) is 41.4 Å². The minimum atomic E-state index is -0.0931. The molecule has 6 nitrogen and oxygen atoms in total. The first-order chi connectivity index (χ1) is 13.0. The van der Waals surface area contributed by atoms with E-state index in [9.17, 15) is 4.79 Å². The Balaban J connectivity index is 1.50. The number of amides is 1. The molecular weight excluding hydrogens is 342 g/mol. The number of nitrogens with zero attached hydrogens (tertiary/aromatic N) is 2. The van der Waals surface area contributed by atoms with Gasteiger partial charge in [0.05, 0.1) is 11.7 Å². The molecule has 0 unspecified atom stereocenters. The molecule has 1 aliphatic carbocycles. The third-order valence-electron chi connectivity index (χ3n) is 5.28. The smallest absolute Gasteiger partial charge is 0.244 e. The van der Waals surface area contributed by atoms with E-state index in [1.807, 2.05) is 49.9 Å². The fourth-order valence-electron chi connectivity index (χ4n) is 3.55. The van der Waals surface area contributed by atoms with E-state index in [-0.39, 0.29) is 11.9 Å². The molecule has 1 N–H and O–H groups in total. The number of hydrogen-bond donors (Lipinski definition) is 1. The fraction of sp³-hybridized carbons (Fsp3) is 0.429. The van der Waals surface area contributed by atoms with Gasteiger partial charge in [0.1, 0.15) is 13.2 Å². The van der Waals surface area contributed by atoms with Crippen molar-refractivity contribution in [3.63, 3.8) is 0 Å². The monoisotopic (exact) mass is 367 g/mol. The van der Waals surface area contributed by atoms with Crippen molar-refractivity contribution in [2.45, 2.75) is 32.7 Å². The number of hydrogen-bond acceptors (Lipinski definition) is 4. The summed E-state index contributed by atoms with van der Waals surface area (Å²) < 4.78 is 13.1. The summed E-state index contributed by atoms with van der Waals surface area (Å²) in [5.41, 5.74) is 4.03. The van der Waals surface area contributed by atoms with Crippen molar-refractivity contribution in [3.05, 3.63) is 46.8 Å². The number of aryl methyl sites for hydroxylation is 2. The third kappa shape index (κ3) is 3.70. The van der Waals surface area contributed by atoms with Crippen LogP contribution in [0, 0.1) is 19.8 Å². The Morgan fingerprint density at radius 2 is 2.00 bits per heavy atom. The Kier molecular flexibility index (Phi) is 4.64. The summed E-state index contributed by atoms with van der Waals surface area (Å²) in [6.07, 6.45) is 5.71. The Morgan fingerprint density at radius 3 is 2.67 bits per heavy atom. The van der Waals surface area contributed by atoms with Crippen LogP contribution in [-0.4, -0.2) is 28.9 Å². The van der Waals surface area contributed by atoms with Crippen molar-refractivity contribution in [1.29, 1.82) is 0 Å². The molecule has 6 heteroatoms. The van der Waals surface area contributed by atoms with Crippen molar-refractivity contribution in [2.75, 3.05) is 13.2 Å². The van der Waals surface area contributed by atoms with Gasteiger partial charge in [-0.1, -0.05) is 6.07 Å². The molecule has 27 heavy (non-hydrogen) atoms. The maximum Gasteiger partial charge on any atom is 0.244 e. The first-order valence-corrected chi connectivity index (χ1v) is 9.41. The summed E-state index contributed by atoms with van der Waals surface area (Å²) in [4.78, 5) is 12.6. The highest BCUT2D eigenvalue weighted by Crippen LogP contribution is 2.43. The van der Waals surface area contributed by atoms with Gasteiger partial charge in [-0.2, -0.15) is 5.10 Å². The first-order valence-electron chi connectivity index (χ1n) is 9.41. The lowest BCUT2D eigenvalue weighted by molar-refractivity contribution is -0.117. The highest BCUT2D eigenvalue weighted by molar-refractivity contribution is 5.92. The number of benzene rings is 1. The van der Waals surface area contributed by atoms with Crippen LogP contribution in [0.5, 0.6) is 11.5 Å². The minimum absolute atomic E-state index is 0.00549. The topological polar surface area (TPSA) is 65.4 Å². The van der Waals surface area contributed by atoms with Crippen molar-refractivity contribution >= 4 is 12.0 Å². The van der Waals surface area contributed by atoms with Crippen LogP contribution in [-0.2, 0) is 11.8 Å². The molecule has 0 bridgehead atoms. The van der Waals surface area contributed by atoms with E-state index in [4.69, 9.17) is 9.47 Å². The third-order valence-corrected chi connectivity index (χ3v) is 5.28. The molecule has 1 aromatic carbocycles. The van der Waals surface area contributed by atoms with Gasteiger partial charge in [-0.25, -0.2) is 0 Å². The SMILES string of the molecule is Cc1nn(C)c(C)c1/C=C\C(=O)N[C@@H](c1ccc2c(c1)OCCO2)C1CC1. The summed E-state index contributed by atoms with van der Waals surface area (Å²) in [5.74, 6) is 1.92. The Bertz CT molecular complexity index is 896. The highest BCUT2D eigenvalue weighted by Gasteiger charge is 2.33. The van der Waals surface area contributed by atoms with E-state index in [0.717, 1.165) is 46.9 Å². The lowest BCUT2D eigenvalue weighted by atomic mass is 10.0. The maximum absolute atomic E-state index is 12.6. The Morgan fingerprint density at radius 1 is 1.26 bits per heavy atom. The predicted molar refractivity (Wildman–Crippen MR) is 103 cm³/mol. The second-order valence-electron chi connectivity index (χ2n) is 7.27. The lowest BCUT2D eigenvalue weighted by Crippen LogP contribution is -2.28. The van der Waals surface area contributed by atoms with Crippen LogP contribution in [0.15, 0.2) is 24.3 Å². The van der Waals surface area contributed by atoms with Gasteiger partial charge in [0.15, 0.2) is 11.5 Å². The molecule has 142 valence electrons. The molecule has 2 aromatic rings. The van der Waals surface area contributed by atoms with Crippen LogP contribution in [0.2, 0.25) is 0 Å².